The Hall–Kier alpha value is -0.780. The largest absolute Gasteiger partial charge is 0.356 e. The Bertz CT molecular complexity index is 372. The van der Waals surface area contributed by atoms with Crippen LogP contribution in [0.1, 0.15) is 31.2 Å². The lowest BCUT2D eigenvalue weighted by Crippen LogP contribution is -2.42. The third-order valence-corrected chi connectivity index (χ3v) is 3.47. The lowest BCUT2D eigenvalue weighted by atomic mass is 10.1. The molecule has 0 radical (unpaired) electrons. The first-order chi connectivity index (χ1) is 8.88. The van der Waals surface area contributed by atoms with Crippen molar-refractivity contribution in [3.63, 3.8) is 0 Å². The molecule has 19 heavy (non-hydrogen) atoms. The van der Waals surface area contributed by atoms with E-state index in [1.807, 2.05) is 7.05 Å². The molecule has 1 saturated carbocycles. The van der Waals surface area contributed by atoms with Crippen molar-refractivity contribution in [3.05, 3.63) is 35.9 Å². The van der Waals surface area contributed by atoms with E-state index in [4.69, 9.17) is 0 Å². The second kappa shape index (κ2) is 9.18. The van der Waals surface area contributed by atoms with Gasteiger partial charge in [-0.05, 0) is 24.8 Å². The van der Waals surface area contributed by atoms with Crippen molar-refractivity contribution in [1.82, 2.24) is 10.6 Å². The standard InChI is InChI=1S/C15H23N3.HI/c1-16-15(18-14-9-5-6-10-14)17-12-11-13-7-3-2-4-8-13;/h2-4,7-8,14H,5-6,9-12H2,1H3,(H2,16,17,18);1H. The maximum atomic E-state index is 4.28. The quantitative estimate of drug-likeness (QED) is 0.484. The van der Waals surface area contributed by atoms with Crippen molar-refractivity contribution >= 4 is 29.9 Å². The van der Waals surface area contributed by atoms with Crippen LogP contribution in [0.2, 0.25) is 0 Å². The van der Waals surface area contributed by atoms with Gasteiger partial charge in [-0.1, -0.05) is 43.2 Å². The number of hydrogen-bond donors (Lipinski definition) is 2. The molecule has 0 spiro atoms. The van der Waals surface area contributed by atoms with Crippen LogP contribution in [0.3, 0.4) is 0 Å². The number of aliphatic imine (C=N–C) groups is 1. The summed E-state index contributed by atoms with van der Waals surface area (Å²) in [6.07, 6.45) is 6.28. The van der Waals surface area contributed by atoms with Gasteiger partial charge < -0.3 is 10.6 Å². The van der Waals surface area contributed by atoms with Crippen LogP contribution in [0.25, 0.3) is 0 Å². The molecule has 0 atom stereocenters. The fourth-order valence-corrected chi connectivity index (χ4v) is 2.43. The van der Waals surface area contributed by atoms with Gasteiger partial charge in [0.05, 0.1) is 0 Å². The SMILES string of the molecule is CN=C(NCCc1ccccc1)NC1CCCC1.I. The summed E-state index contributed by atoms with van der Waals surface area (Å²) in [6.45, 7) is 0.927. The van der Waals surface area contributed by atoms with Crippen LogP contribution >= 0.6 is 24.0 Å². The highest BCUT2D eigenvalue weighted by Gasteiger charge is 2.15. The van der Waals surface area contributed by atoms with Gasteiger partial charge in [-0.2, -0.15) is 0 Å². The van der Waals surface area contributed by atoms with Gasteiger partial charge in [0.25, 0.3) is 0 Å². The van der Waals surface area contributed by atoms with E-state index in [1.165, 1.54) is 31.2 Å². The molecule has 1 aromatic carbocycles. The minimum atomic E-state index is 0. The molecule has 0 amide bonds. The average Bonchev–Trinajstić information content (AvgIpc) is 2.92. The number of rotatable bonds is 4. The van der Waals surface area contributed by atoms with Crippen molar-refractivity contribution in [3.8, 4) is 0 Å². The predicted molar refractivity (Wildman–Crippen MR) is 92.3 cm³/mol. The Labute approximate surface area is 133 Å². The first kappa shape index (κ1) is 16.3. The summed E-state index contributed by atoms with van der Waals surface area (Å²) in [5, 5.41) is 6.87. The van der Waals surface area contributed by atoms with Gasteiger partial charge in [0, 0.05) is 19.6 Å². The molecule has 2 N–H and O–H groups in total. The predicted octanol–water partition coefficient (Wildman–Crippen LogP) is 2.95. The van der Waals surface area contributed by atoms with Gasteiger partial charge in [-0.25, -0.2) is 0 Å². The lowest BCUT2D eigenvalue weighted by molar-refractivity contribution is 0.613. The molecule has 106 valence electrons. The van der Waals surface area contributed by atoms with E-state index >= 15 is 0 Å². The molecule has 0 heterocycles. The summed E-state index contributed by atoms with van der Waals surface area (Å²) >= 11 is 0. The number of guanidine groups is 1. The Morgan fingerprint density at radius 3 is 2.53 bits per heavy atom. The van der Waals surface area contributed by atoms with E-state index in [2.05, 4.69) is 46.0 Å². The van der Waals surface area contributed by atoms with Gasteiger partial charge >= 0.3 is 0 Å². The lowest BCUT2D eigenvalue weighted by Gasteiger charge is -2.16. The van der Waals surface area contributed by atoms with Crippen molar-refractivity contribution < 1.29 is 0 Å². The van der Waals surface area contributed by atoms with Crippen molar-refractivity contribution in [1.29, 1.82) is 0 Å². The summed E-state index contributed by atoms with van der Waals surface area (Å²) < 4.78 is 0. The van der Waals surface area contributed by atoms with Crippen LogP contribution in [-0.4, -0.2) is 25.6 Å². The minimum absolute atomic E-state index is 0. The molecule has 1 aliphatic rings. The summed E-state index contributed by atoms with van der Waals surface area (Å²) in [6, 6.07) is 11.2. The fraction of sp³-hybridized carbons (Fsp3) is 0.533. The maximum absolute atomic E-state index is 4.28. The zero-order chi connectivity index (χ0) is 12.6. The highest BCUT2D eigenvalue weighted by atomic mass is 127. The molecule has 1 fully saturated rings. The number of hydrogen-bond acceptors (Lipinski definition) is 1. The van der Waals surface area contributed by atoms with Crippen molar-refractivity contribution in [2.75, 3.05) is 13.6 Å². The third-order valence-electron chi connectivity index (χ3n) is 3.47. The normalized spacial score (nSPS) is 15.9. The first-order valence-electron chi connectivity index (χ1n) is 6.89. The van der Waals surface area contributed by atoms with Crippen LogP contribution in [0.4, 0.5) is 0 Å². The Kier molecular flexibility index (Phi) is 7.86. The number of nitrogens with zero attached hydrogens (tertiary/aromatic N) is 1. The number of nitrogens with one attached hydrogen (secondary N) is 2. The van der Waals surface area contributed by atoms with E-state index in [-0.39, 0.29) is 24.0 Å². The molecular formula is C15H24IN3. The number of benzene rings is 1. The van der Waals surface area contributed by atoms with Crippen LogP contribution < -0.4 is 10.6 Å². The molecule has 0 saturated heterocycles. The van der Waals surface area contributed by atoms with Gasteiger partial charge in [0.2, 0.25) is 0 Å². The van der Waals surface area contributed by atoms with Crippen LogP contribution in [0, 0.1) is 0 Å². The van der Waals surface area contributed by atoms with E-state index in [9.17, 15) is 0 Å². The van der Waals surface area contributed by atoms with E-state index in [0.29, 0.717) is 6.04 Å². The molecule has 0 bridgehead atoms. The second-order valence-electron chi connectivity index (χ2n) is 4.86. The Balaban J connectivity index is 0.00000180. The third kappa shape index (κ3) is 5.80. The maximum Gasteiger partial charge on any atom is 0.191 e. The molecule has 1 aliphatic carbocycles. The highest BCUT2D eigenvalue weighted by Crippen LogP contribution is 2.17. The zero-order valence-electron chi connectivity index (χ0n) is 11.6. The zero-order valence-corrected chi connectivity index (χ0v) is 13.9. The topological polar surface area (TPSA) is 36.4 Å². The number of halogens is 1. The molecule has 0 aliphatic heterocycles. The highest BCUT2D eigenvalue weighted by molar-refractivity contribution is 14.0. The van der Waals surface area contributed by atoms with Gasteiger partial charge in [-0.15, -0.1) is 24.0 Å². The molecule has 0 aromatic heterocycles. The Morgan fingerprint density at radius 1 is 1.21 bits per heavy atom. The van der Waals surface area contributed by atoms with Crippen molar-refractivity contribution in [2.45, 2.75) is 38.1 Å². The summed E-state index contributed by atoms with van der Waals surface area (Å²) in [4.78, 5) is 4.28. The van der Waals surface area contributed by atoms with Gasteiger partial charge in [-0.3, -0.25) is 4.99 Å². The molecule has 0 unspecified atom stereocenters. The first-order valence-corrected chi connectivity index (χ1v) is 6.89. The molecule has 1 aromatic rings. The van der Waals surface area contributed by atoms with E-state index in [0.717, 1.165) is 18.9 Å². The monoisotopic (exact) mass is 373 g/mol. The fourth-order valence-electron chi connectivity index (χ4n) is 2.43. The van der Waals surface area contributed by atoms with Crippen LogP contribution in [0.5, 0.6) is 0 Å². The van der Waals surface area contributed by atoms with Crippen molar-refractivity contribution in [2.24, 2.45) is 4.99 Å². The average molecular weight is 373 g/mol. The summed E-state index contributed by atoms with van der Waals surface area (Å²) in [7, 11) is 1.84. The summed E-state index contributed by atoms with van der Waals surface area (Å²) in [5.74, 6) is 0.942. The second-order valence-corrected chi connectivity index (χ2v) is 4.86. The Morgan fingerprint density at radius 2 is 1.89 bits per heavy atom. The van der Waals surface area contributed by atoms with E-state index < -0.39 is 0 Å². The molecule has 3 nitrogen and oxygen atoms in total. The summed E-state index contributed by atoms with van der Waals surface area (Å²) in [5.41, 5.74) is 1.36. The van der Waals surface area contributed by atoms with Gasteiger partial charge in [0.1, 0.15) is 0 Å². The smallest absolute Gasteiger partial charge is 0.191 e. The van der Waals surface area contributed by atoms with Gasteiger partial charge in [0.15, 0.2) is 5.96 Å². The molecular weight excluding hydrogens is 349 g/mol. The molecule has 2 rings (SSSR count). The molecule has 4 heteroatoms. The minimum Gasteiger partial charge on any atom is -0.356 e. The van der Waals surface area contributed by atoms with E-state index in [1.54, 1.807) is 0 Å². The van der Waals surface area contributed by atoms with Crippen LogP contribution in [0.15, 0.2) is 35.3 Å². The van der Waals surface area contributed by atoms with Crippen LogP contribution in [-0.2, 0) is 6.42 Å².